The molecule has 4 aliphatic carbocycles. The predicted molar refractivity (Wildman–Crippen MR) is 57.0 cm³/mol. The van der Waals surface area contributed by atoms with Crippen molar-refractivity contribution in [3.63, 3.8) is 0 Å². The molecular formula is C11H18O3S. The number of hydrogen-bond acceptors (Lipinski definition) is 2. The van der Waals surface area contributed by atoms with Gasteiger partial charge >= 0.3 is 0 Å². The van der Waals surface area contributed by atoms with E-state index in [1.165, 1.54) is 32.1 Å². The molecule has 3 nitrogen and oxygen atoms in total. The average Bonchev–Trinajstić information content (AvgIpc) is 2.48. The summed E-state index contributed by atoms with van der Waals surface area (Å²) in [6.07, 6.45) is 7.17. The summed E-state index contributed by atoms with van der Waals surface area (Å²) in [5.41, 5.74) is 0.295. The quantitative estimate of drug-likeness (QED) is 0.755. The SMILES string of the molecule is O=S(=O)(O)CCC12CC3CC(CC1C3)C2. The summed E-state index contributed by atoms with van der Waals surface area (Å²) in [7, 11) is -3.76. The lowest BCUT2D eigenvalue weighted by molar-refractivity contribution is 0.193. The normalized spacial score (nSPS) is 47.7. The second kappa shape index (κ2) is 2.98. The molecule has 4 heteroatoms. The third kappa shape index (κ3) is 1.62. The summed E-state index contributed by atoms with van der Waals surface area (Å²) in [6.45, 7) is 0. The van der Waals surface area contributed by atoms with Crippen molar-refractivity contribution in [2.75, 3.05) is 5.75 Å². The molecule has 4 bridgehead atoms. The monoisotopic (exact) mass is 230 g/mol. The molecule has 2 atom stereocenters. The maximum Gasteiger partial charge on any atom is 0.264 e. The van der Waals surface area contributed by atoms with Crippen molar-refractivity contribution in [1.82, 2.24) is 0 Å². The van der Waals surface area contributed by atoms with Crippen LogP contribution in [-0.4, -0.2) is 18.7 Å². The van der Waals surface area contributed by atoms with Crippen molar-refractivity contribution in [2.24, 2.45) is 23.2 Å². The molecular weight excluding hydrogens is 212 g/mol. The van der Waals surface area contributed by atoms with Crippen LogP contribution < -0.4 is 0 Å². The fourth-order valence-electron chi connectivity index (χ4n) is 4.71. The minimum atomic E-state index is -3.76. The molecule has 86 valence electrons. The Bertz CT molecular complexity index is 359. The Hall–Kier alpha value is -0.0900. The molecule has 0 amide bonds. The first-order chi connectivity index (χ1) is 6.97. The molecule has 2 unspecified atom stereocenters. The second-order valence-corrected chi connectivity index (χ2v) is 7.51. The molecule has 4 aliphatic rings. The molecule has 0 radical (unpaired) electrons. The lowest BCUT2D eigenvalue weighted by atomic mass is 9.74. The van der Waals surface area contributed by atoms with Crippen LogP contribution in [0.4, 0.5) is 0 Å². The summed E-state index contributed by atoms with van der Waals surface area (Å²) in [5.74, 6) is 2.47. The fraction of sp³-hybridized carbons (Fsp3) is 1.00. The van der Waals surface area contributed by atoms with Gasteiger partial charge in [0, 0.05) is 0 Å². The molecule has 1 N–H and O–H groups in total. The first kappa shape index (κ1) is 10.1. The van der Waals surface area contributed by atoms with E-state index in [2.05, 4.69) is 0 Å². The molecule has 0 spiro atoms. The molecule has 4 rings (SSSR count). The molecule has 0 aromatic carbocycles. The lowest BCUT2D eigenvalue weighted by Gasteiger charge is -2.32. The van der Waals surface area contributed by atoms with Crippen LogP contribution in [0.1, 0.15) is 38.5 Å². The zero-order valence-electron chi connectivity index (χ0n) is 8.85. The van der Waals surface area contributed by atoms with E-state index >= 15 is 0 Å². The summed E-state index contributed by atoms with van der Waals surface area (Å²) in [5, 5.41) is 0. The molecule has 0 heterocycles. The van der Waals surface area contributed by atoms with Gasteiger partial charge in [0.15, 0.2) is 0 Å². The Morgan fingerprint density at radius 3 is 2.27 bits per heavy atom. The van der Waals surface area contributed by atoms with Gasteiger partial charge in [0.05, 0.1) is 5.75 Å². The molecule has 4 fully saturated rings. The van der Waals surface area contributed by atoms with Crippen molar-refractivity contribution < 1.29 is 13.0 Å². The summed E-state index contributed by atoms with van der Waals surface area (Å²) < 4.78 is 30.5. The van der Waals surface area contributed by atoms with Crippen LogP contribution in [0.25, 0.3) is 0 Å². The Morgan fingerprint density at radius 2 is 1.73 bits per heavy atom. The van der Waals surface area contributed by atoms with E-state index in [1.807, 2.05) is 0 Å². The van der Waals surface area contributed by atoms with Crippen molar-refractivity contribution >= 4 is 10.1 Å². The Morgan fingerprint density at radius 1 is 1.13 bits per heavy atom. The zero-order valence-corrected chi connectivity index (χ0v) is 9.67. The largest absolute Gasteiger partial charge is 0.286 e. The molecule has 15 heavy (non-hydrogen) atoms. The summed E-state index contributed by atoms with van der Waals surface area (Å²) in [6, 6.07) is 0. The first-order valence-corrected chi connectivity index (χ1v) is 7.53. The van der Waals surface area contributed by atoms with Gasteiger partial charge in [-0.25, -0.2) is 0 Å². The van der Waals surface area contributed by atoms with E-state index in [0.717, 1.165) is 17.8 Å². The van der Waals surface area contributed by atoms with Gasteiger partial charge in [-0.1, -0.05) is 0 Å². The van der Waals surface area contributed by atoms with Crippen LogP contribution >= 0.6 is 0 Å². The molecule has 0 saturated heterocycles. The smallest absolute Gasteiger partial charge is 0.264 e. The zero-order chi connectivity index (χ0) is 10.7. The number of rotatable bonds is 3. The highest BCUT2D eigenvalue weighted by Crippen LogP contribution is 2.66. The molecule has 0 aliphatic heterocycles. The highest BCUT2D eigenvalue weighted by Gasteiger charge is 2.57. The van der Waals surface area contributed by atoms with E-state index in [4.69, 9.17) is 4.55 Å². The summed E-state index contributed by atoms with van der Waals surface area (Å²) >= 11 is 0. The predicted octanol–water partition coefficient (Wildman–Crippen LogP) is 2.09. The van der Waals surface area contributed by atoms with Gasteiger partial charge in [-0.15, -0.1) is 0 Å². The number of hydrogen-bond donors (Lipinski definition) is 1. The van der Waals surface area contributed by atoms with Gasteiger partial charge < -0.3 is 0 Å². The van der Waals surface area contributed by atoms with Gasteiger partial charge in [0.1, 0.15) is 0 Å². The van der Waals surface area contributed by atoms with Crippen molar-refractivity contribution in [3.8, 4) is 0 Å². The minimum Gasteiger partial charge on any atom is -0.286 e. The van der Waals surface area contributed by atoms with Crippen LogP contribution in [0, 0.1) is 23.2 Å². The van der Waals surface area contributed by atoms with Crippen LogP contribution in [0.5, 0.6) is 0 Å². The van der Waals surface area contributed by atoms with E-state index in [1.54, 1.807) is 0 Å². The van der Waals surface area contributed by atoms with Gasteiger partial charge in [0.2, 0.25) is 0 Å². The van der Waals surface area contributed by atoms with Crippen molar-refractivity contribution in [2.45, 2.75) is 38.5 Å². The molecule has 0 aromatic rings. The summed E-state index contributed by atoms with van der Waals surface area (Å²) in [4.78, 5) is 0. The Labute approximate surface area is 91.0 Å². The third-order valence-electron chi connectivity index (χ3n) is 5.02. The van der Waals surface area contributed by atoms with Gasteiger partial charge in [-0.05, 0) is 61.7 Å². The van der Waals surface area contributed by atoms with Crippen LogP contribution in [0.15, 0.2) is 0 Å². The highest BCUT2D eigenvalue weighted by atomic mass is 32.2. The van der Waals surface area contributed by atoms with E-state index < -0.39 is 10.1 Å². The van der Waals surface area contributed by atoms with Crippen LogP contribution in [0.3, 0.4) is 0 Å². The maximum atomic E-state index is 10.8. The maximum absolute atomic E-state index is 10.8. The Balaban J connectivity index is 1.76. The minimum absolute atomic E-state index is 0.0249. The highest BCUT2D eigenvalue weighted by molar-refractivity contribution is 7.85. The van der Waals surface area contributed by atoms with Gasteiger partial charge in [-0.2, -0.15) is 8.42 Å². The first-order valence-electron chi connectivity index (χ1n) is 5.92. The molecule has 4 saturated carbocycles. The van der Waals surface area contributed by atoms with Crippen molar-refractivity contribution in [3.05, 3.63) is 0 Å². The van der Waals surface area contributed by atoms with Crippen LogP contribution in [-0.2, 0) is 10.1 Å². The fourth-order valence-corrected chi connectivity index (χ4v) is 5.37. The lowest BCUT2D eigenvalue weighted by Crippen LogP contribution is -2.25. The molecule has 0 aromatic heterocycles. The topological polar surface area (TPSA) is 54.4 Å². The van der Waals surface area contributed by atoms with Crippen molar-refractivity contribution in [1.29, 1.82) is 0 Å². The third-order valence-corrected chi connectivity index (χ3v) is 5.74. The van der Waals surface area contributed by atoms with Crippen LogP contribution in [0.2, 0.25) is 0 Å². The second-order valence-electron chi connectivity index (χ2n) is 5.94. The van der Waals surface area contributed by atoms with E-state index in [-0.39, 0.29) is 5.75 Å². The standard InChI is InChI=1S/C11H18O3S/c12-15(13,14)2-1-11-6-8-3-9(7-11)5-10(11)4-8/h8-10H,1-7H2,(H,12,13,14). The van der Waals surface area contributed by atoms with Gasteiger partial charge in [-0.3, -0.25) is 4.55 Å². The van der Waals surface area contributed by atoms with E-state index in [9.17, 15) is 8.42 Å². The van der Waals surface area contributed by atoms with E-state index in [0.29, 0.717) is 11.8 Å². The van der Waals surface area contributed by atoms with Gasteiger partial charge in [0.25, 0.3) is 10.1 Å². The average molecular weight is 230 g/mol. The Kier molecular flexibility index (Phi) is 2.00.